The molecule has 8 rings (SSSR count). The Kier molecular flexibility index (Phi) is 14.7. The number of ether oxygens (including phenoxy) is 6. The zero-order chi connectivity index (χ0) is 48.6. The van der Waals surface area contributed by atoms with Gasteiger partial charge in [-0.25, -0.2) is 24.5 Å². The number of amides is 5. The quantitative estimate of drug-likeness (QED) is 0.0522. The molecule has 20 heteroatoms. The van der Waals surface area contributed by atoms with E-state index in [0.29, 0.717) is 47.7 Å². The van der Waals surface area contributed by atoms with E-state index in [2.05, 4.69) is 50.6 Å². The highest BCUT2D eigenvalue weighted by molar-refractivity contribution is 6.06. The van der Waals surface area contributed by atoms with E-state index in [0.717, 1.165) is 24.0 Å². The Morgan fingerprint density at radius 3 is 2.48 bits per heavy atom. The van der Waals surface area contributed by atoms with Crippen molar-refractivity contribution in [3.63, 3.8) is 0 Å². The second-order valence-electron chi connectivity index (χ2n) is 16.5. The second kappa shape index (κ2) is 21.3. The summed E-state index contributed by atoms with van der Waals surface area (Å²) >= 11 is 0. The molecule has 0 spiro atoms. The lowest BCUT2D eigenvalue weighted by Gasteiger charge is -2.38. The number of fused-ring (bicyclic) bond motifs is 3. The van der Waals surface area contributed by atoms with Gasteiger partial charge in [0.1, 0.15) is 19.0 Å². The average Bonchev–Trinajstić information content (AvgIpc) is 4.05. The van der Waals surface area contributed by atoms with Crippen LogP contribution in [0.1, 0.15) is 59.5 Å². The van der Waals surface area contributed by atoms with Crippen molar-refractivity contribution in [1.29, 1.82) is 0 Å². The monoisotopic (exact) mass is 943 g/mol. The van der Waals surface area contributed by atoms with Crippen molar-refractivity contribution in [3.8, 4) is 22.9 Å². The summed E-state index contributed by atoms with van der Waals surface area (Å²) in [5.41, 5.74) is 4.39. The van der Waals surface area contributed by atoms with Gasteiger partial charge in [0.15, 0.2) is 29.8 Å². The zero-order valence-electron chi connectivity index (χ0n) is 38.3. The molecule has 1 unspecified atom stereocenters. The molecule has 5 amide bonds. The van der Waals surface area contributed by atoms with Gasteiger partial charge in [0.25, 0.3) is 11.8 Å². The number of rotatable bonds is 17. The lowest BCUT2D eigenvalue weighted by Crippen LogP contribution is -2.54. The molecule has 4 N–H and O–H groups in total. The van der Waals surface area contributed by atoms with Crippen LogP contribution in [0.5, 0.6) is 11.5 Å². The van der Waals surface area contributed by atoms with Crippen LogP contribution in [0.25, 0.3) is 22.4 Å². The Labute approximate surface area is 397 Å². The Bertz CT molecular complexity index is 2780. The Morgan fingerprint density at radius 2 is 1.72 bits per heavy atom. The Balaban J connectivity index is 0.883. The number of carbonyl (C=O) groups is 5. The maximum absolute atomic E-state index is 14.2. The van der Waals surface area contributed by atoms with Gasteiger partial charge in [-0.05, 0) is 80.6 Å². The first-order chi connectivity index (χ1) is 33.4. The van der Waals surface area contributed by atoms with E-state index in [4.69, 9.17) is 28.4 Å². The third-order valence-electron chi connectivity index (χ3n) is 11.5. The van der Waals surface area contributed by atoms with Crippen LogP contribution in [-0.4, -0.2) is 113 Å². The Morgan fingerprint density at radius 1 is 0.942 bits per heavy atom. The molecule has 2 fully saturated rings. The minimum Gasteiger partial charge on any atom is -0.493 e. The third-order valence-corrected chi connectivity index (χ3v) is 11.5. The molecule has 0 radical (unpaired) electrons. The molecule has 5 aromatic rings. The summed E-state index contributed by atoms with van der Waals surface area (Å²) in [6, 6.07) is 14.8. The fraction of sp³-hybridized carbons (Fsp3) is 0.327. The van der Waals surface area contributed by atoms with Crippen LogP contribution < -0.4 is 30.3 Å². The van der Waals surface area contributed by atoms with E-state index in [9.17, 15) is 24.0 Å². The number of methoxy groups -OCH3 is 1. The normalized spacial score (nSPS) is 17.6. The number of nitrogens with one attached hydrogen (secondary N) is 4. The van der Waals surface area contributed by atoms with Crippen LogP contribution >= 0.6 is 0 Å². The van der Waals surface area contributed by atoms with Crippen molar-refractivity contribution in [1.82, 2.24) is 24.4 Å². The molecular formula is C49H53N9O11. The second-order valence-corrected chi connectivity index (χ2v) is 16.5. The molecule has 2 aromatic heterocycles. The highest BCUT2D eigenvalue weighted by Crippen LogP contribution is 2.43. The molecule has 5 heterocycles. The maximum atomic E-state index is 14.2. The first-order valence-corrected chi connectivity index (χ1v) is 22.4. The molecule has 3 aliphatic heterocycles. The number of benzene rings is 3. The highest BCUT2D eigenvalue weighted by atomic mass is 16.7. The van der Waals surface area contributed by atoms with Crippen LogP contribution in [0.2, 0.25) is 0 Å². The number of carbonyl (C=O) groups excluding carboxylic acids is 5. The number of hydrogen-bond acceptors (Lipinski definition) is 13. The van der Waals surface area contributed by atoms with Gasteiger partial charge in [-0.2, -0.15) is 0 Å². The number of aromatic nitrogens is 4. The van der Waals surface area contributed by atoms with Crippen molar-refractivity contribution in [3.05, 3.63) is 110 Å². The van der Waals surface area contributed by atoms with Crippen molar-refractivity contribution in [2.24, 2.45) is 7.05 Å². The van der Waals surface area contributed by atoms with Crippen LogP contribution in [-0.2, 0) is 30.8 Å². The van der Waals surface area contributed by atoms with Crippen molar-refractivity contribution >= 4 is 63.8 Å². The summed E-state index contributed by atoms with van der Waals surface area (Å²) in [4.78, 5) is 81.8. The molecule has 0 saturated carbocycles. The molecule has 2 saturated heterocycles. The SMILES string of the molecule is C=CCOC(=O)Nc1ccc2nc(-c3ccc(NC(=O)c4nc(NC(=O)CCCOc5cc6c(cc5OC)C(=O)N5CC(=C)C[C@H]5[C@H](OC5CCCCO5)N6C(=O)OCC=C)cn4C)cc3)[nH]c2c1. The van der Waals surface area contributed by atoms with Gasteiger partial charge in [-0.1, -0.05) is 37.5 Å². The van der Waals surface area contributed by atoms with Gasteiger partial charge < -0.3 is 53.5 Å². The summed E-state index contributed by atoms with van der Waals surface area (Å²) in [7, 11) is 3.08. The lowest BCUT2D eigenvalue weighted by atomic mass is 10.1. The number of aromatic amines is 1. The van der Waals surface area contributed by atoms with Crippen molar-refractivity contribution in [2.45, 2.75) is 57.1 Å². The maximum Gasteiger partial charge on any atom is 0.416 e. The topological polar surface area (TPSA) is 230 Å². The number of nitrogens with zero attached hydrogens (tertiary/aromatic N) is 5. The fourth-order valence-electron chi connectivity index (χ4n) is 8.26. The molecule has 3 aromatic carbocycles. The van der Waals surface area contributed by atoms with Crippen LogP contribution in [0, 0.1) is 0 Å². The number of aryl methyl sites for hydroxylation is 1. The number of hydrogen-bond donors (Lipinski definition) is 4. The standard InChI is InChI=1S/C49H53N9O11/c1-6-19-67-48(62)51-32-17-18-34-35(24-32)53-43(52-34)30-13-15-31(16-14-30)50-45(60)44-55-40(28-56(44)4)54-41(59)11-10-22-65-39-26-36-33(25-38(39)64-5)46(61)57-27-29(3)23-37(57)47(58(36)49(63)68-20-7-2)69-42-12-8-9-21-66-42/h6-7,13-18,24-26,28,37,42,47H,1-3,8-12,19-23,27H2,4-5H3,(H,50,60)(H,51,62)(H,52,53)(H,54,59)/t37-,42?,47-/m0/s1. The van der Waals surface area contributed by atoms with Gasteiger partial charge in [0, 0.05) is 55.8 Å². The lowest BCUT2D eigenvalue weighted by molar-refractivity contribution is -0.195. The molecule has 69 heavy (non-hydrogen) atoms. The first kappa shape index (κ1) is 47.5. The smallest absolute Gasteiger partial charge is 0.416 e. The van der Waals surface area contributed by atoms with E-state index in [-0.39, 0.29) is 85.4 Å². The molecule has 3 aliphatic rings. The van der Waals surface area contributed by atoms with Crippen LogP contribution in [0.3, 0.4) is 0 Å². The van der Waals surface area contributed by atoms with E-state index in [1.54, 1.807) is 60.5 Å². The number of anilines is 4. The molecule has 360 valence electrons. The minimum atomic E-state index is -0.983. The minimum absolute atomic E-state index is 0.0298. The van der Waals surface area contributed by atoms with Gasteiger partial charge in [-0.3, -0.25) is 19.7 Å². The molecule has 3 atom stereocenters. The Hall–Kier alpha value is -7.97. The molecule has 20 nitrogen and oxygen atoms in total. The highest BCUT2D eigenvalue weighted by Gasteiger charge is 2.48. The van der Waals surface area contributed by atoms with Gasteiger partial charge >= 0.3 is 12.2 Å². The van der Waals surface area contributed by atoms with E-state index >= 15 is 0 Å². The molecule has 0 aliphatic carbocycles. The molecular weight excluding hydrogens is 891 g/mol. The summed E-state index contributed by atoms with van der Waals surface area (Å²) in [5.74, 6) is 0.0946. The van der Waals surface area contributed by atoms with Crippen molar-refractivity contribution in [2.75, 3.05) is 60.9 Å². The fourth-order valence-corrected chi connectivity index (χ4v) is 8.26. The predicted molar refractivity (Wildman–Crippen MR) is 255 cm³/mol. The van der Waals surface area contributed by atoms with E-state index in [1.165, 1.54) is 41.0 Å². The van der Waals surface area contributed by atoms with Crippen LogP contribution in [0.4, 0.5) is 32.5 Å². The molecule has 0 bridgehead atoms. The predicted octanol–water partition coefficient (Wildman–Crippen LogP) is 7.54. The first-order valence-electron chi connectivity index (χ1n) is 22.4. The van der Waals surface area contributed by atoms with Crippen LogP contribution in [0.15, 0.2) is 98.3 Å². The van der Waals surface area contributed by atoms with E-state index in [1.807, 2.05) is 0 Å². The van der Waals surface area contributed by atoms with E-state index < -0.39 is 36.7 Å². The summed E-state index contributed by atoms with van der Waals surface area (Å²) < 4.78 is 36.3. The summed E-state index contributed by atoms with van der Waals surface area (Å²) in [6.07, 6.45) is 4.61. The number of imidazole rings is 2. The third kappa shape index (κ3) is 10.9. The summed E-state index contributed by atoms with van der Waals surface area (Å²) in [5, 5.41) is 8.23. The van der Waals surface area contributed by atoms with Gasteiger partial charge in [0.2, 0.25) is 11.7 Å². The number of H-pyrrole nitrogens is 1. The van der Waals surface area contributed by atoms with Gasteiger partial charge in [-0.15, -0.1) is 0 Å². The largest absolute Gasteiger partial charge is 0.493 e. The summed E-state index contributed by atoms with van der Waals surface area (Å²) in [6.45, 7) is 12.2. The van der Waals surface area contributed by atoms with Gasteiger partial charge in [0.05, 0.1) is 42.0 Å². The van der Waals surface area contributed by atoms with Crippen molar-refractivity contribution < 1.29 is 52.4 Å². The zero-order valence-corrected chi connectivity index (χ0v) is 38.3. The average molecular weight is 944 g/mol.